The molecule has 4 rings (SSSR count). The monoisotopic (exact) mass is 493 g/mol. The molecule has 0 unspecified atom stereocenters. The first-order valence-corrected chi connectivity index (χ1v) is 12.7. The Kier molecular flexibility index (Phi) is 6.81. The lowest BCUT2D eigenvalue weighted by molar-refractivity contribution is -0.113. The van der Waals surface area contributed by atoms with Crippen molar-refractivity contribution in [1.82, 2.24) is 9.55 Å². The van der Waals surface area contributed by atoms with Crippen LogP contribution in [-0.2, 0) is 4.79 Å². The molecular weight excluding hydrogens is 466 g/mol. The number of aromatic nitrogens is 2. The first-order chi connectivity index (χ1) is 16.2. The van der Waals surface area contributed by atoms with E-state index in [1.54, 1.807) is 11.7 Å². The lowest BCUT2D eigenvalue weighted by Gasteiger charge is -2.15. The van der Waals surface area contributed by atoms with Gasteiger partial charge in [-0.05, 0) is 75.1 Å². The van der Waals surface area contributed by atoms with Crippen LogP contribution in [0.5, 0.6) is 5.75 Å². The van der Waals surface area contributed by atoms with Crippen molar-refractivity contribution in [2.24, 2.45) is 0 Å². The first-order valence-electron chi connectivity index (χ1n) is 10.9. The summed E-state index contributed by atoms with van der Waals surface area (Å²) in [5.74, 6) is 0.498. The van der Waals surface area contributed by atoms with Gasteiger partial charge in [0.15, 0.2) is 5.16 Å². The molecule has 0 aliphatic heterocycles. The number of hydrogen-bond acceptors (Lipinski definition) is 6. The molecule has 0 fully saturated rings. The van der Waals surface area contributed by atoms with Crippen molar-refractivity contribution >= 4 is 44.9 Å². The largest absolute Gasteiger partial charge is 0.495 e. The van der Waals surface area contributed by atoms with Crippen LogP contribution in [0.4, 0.5) is 5.69 Å². The van der Waals surface area contributed by atoms with E-state index in [4.69, 9.17) is 9.72 Å². The summed E-state index contributed by atoms with van der Waals surface area (Å²) in [4.78, 5) is 33.1. The number of nitrogens with zero attached hydrogens (tertiary/aromatic N) is 2. The zero-order chi connectivity index (χ0) is 24.6. The number of nitrogens with one attached hydrogen (secondary N) is 1. The third kappa shape index (κ3) is 4.60. The predicted molar refractivity (Wildman–Crippen MR) is 141 cm³/mol. The van der Waals surface area contributed by atoms with Gasteiger partial charge in [-0.25, -0.2) is 4.98 Å². The lowest BCUT2D eigenvalue weighted by Crippen LogP contribution is -2.23. The van der Waals surface area contributed by atoms with Gasteiger partial charge in [-0.2, -0.15) is 0 Å². The Morgan fingerprint density at radius 1 is 1.09 bits per heavy atom. The number of anilines is 1. The predicted octanol–water partition coefficient (Wildman–Crippen LogP) is 5.73. The number of ether oxygens (including phenoxy) is 1. The molecule has 1 amide bonds. The number of aryl methyl sites for hydroxylation is 5. The molecular formula is C26H27N3O3S2. The highest BCUT2D eigenvalue weighted by Crippen LogP contribution is 2.31. The number of carbonyl (C=O) groups is 1. The van der Waals surface area contributed by atoms with Crippen LogP contribution in [0, 0.1) is 34.6 Å². The topological polar surface area (TPSA) is 73.2 Å². The summed E-state index contributed by atoms with van der Waals surface area (Å²) in [6, 6.07) is 11.6. The molecule has 1 N–H and O–H groups in total. The number of thioether (sulfide) groups is 1. The Morgan fingerprint density at radius 2 is 1.79 bits per heavy atom. The lowest BCUT2D eigenvalue weighted by atomic mass is 10.1. The SMILES string of the molecule is COc1ccc(C)cc1NC(=O)CSc1nc2sc(C)c(C)c2c(=O)n1-c1cc(C)ccc1C. The second-order valence-corrected chi connectivity index (χ2v) is 10.5. The van der Waals surface area contributed by atoms with Crippen molar-refractivity contribution < 1.29 is 9.53 Å². The Labute approximate surface area is 207 Å². The molecule has 2 aromatic carbocycles. The van der Waals surface area contributed by atoms with Crippen molar-refractivity contribution in [3.05, 3.63) is 73.9 Å². The number of rotatable bonds is 6. The van der Waals surface area contributed by atoms with Crippen LogP contribution in [0.15, 0.2) is 46.3 Å². The Hall–Kier alpha value is -3.10. The second kappa shape index (κ2) is 9.64. The number of carbonyl (C=O) groups excluding carboxylic acids is 1. The molecule has 0 aliphatic carbocycles. The van der Waals surface area contributed by atoms with Crippen molar-refractivity contribution in [3.63, 3.8) is 0 Å². The Balaban J connectivity index is 1.73. The summed E-state index contributed by atoms with van der Waals surface area (Å²) >= 11 is 2.76. The van der Waals surface area contributed by atoms with E-state index in [1.807, 2.05) is 71.0 Å². The fourth-order valence-electron chi connectivity index (χ4n) is 3.78. The fraction of sp³-hybridized carbons (Fsp3) is 0.269. The molecule has 8 heteroatoms. The average Bonchev–Trinajstić information content (AvgIpc) is 3.08. The standard InChI is InChI=1S/C26H27N3O3S2/c1-14-8-10-21(32-6)19(11-14)27-22(30)13-33-26-28-24-23(17(4)18(5)34-24)25(31)29(26)20-12-15(2)7-9-16(20)3/h7-12H,13H2,1-6H3,(H,27,30). The molecule has 0 radical (unpaired) electrons. The Bertz CT molecular complexity index is 1470. The van der Waals surface area contributed by atoms with Gasteiger partial charge in [0.1, 0.15) is 10.6 Å². The maximum absolute atomic E-state index is 13.7. The van der Waals surface area contributed by atoms with Crippen LogP contribution < -0.4 is 15.6 Å². The van der Waals surface area contributed by atoms with E-state index in [1.165, 1.54) is 23.1 Å². The van der Waals surface area contributed by atoms with Crippen LogP contribution in [0.1, 0.15) is 27.1 Å². The smallest absolute Gasteiger partial charge is 0.267 e. The van der Waals surface area contributed by atoms with Crippen molar-refractivity contribution in [1.29, 1.82) is 0 Å². The third-order valence-electron chi connectivity index (χ3n) is 5.74. The number of fused-ring (bicyclic) bond motifs is 1. The molecule has 0 bridgehead atoms. The molecule has 0 saturated heterocycles. The molecule has 34 heavy (non-hydrogen) atoms. The van der Waals surface area contributed by atoms with Gasteiger partial charge in [-0.15, -0.1) is 11.3 Å². The molecule has 0 spiro atoms. The minimum atomic E-state index is -0.200. The number of thiophene rings is 1. The first kappa shape index (κ1) is 24.0. The minimum absolute atomic E-state index is 0.100. The van der Waals surface area contributed by atoms with Gasteiger partial charge < -0.3 is 10.1 Å². The highest BCUT2D eigenvalue weighted by molar-refractivity contribution is 7.99. The van der Waals surface area contributed by atoms with Crippen LogP contribution >= 0.6 is 23.1 Å². The van der Waals surface area contributed by atoms with Gasteiger partial charge in [-0.3, -0.25) is 14.2 Å². The van der Waals surface area contributed by atoms with Crippen LogP contribution in [0.3, 0.4) is 0 Å². The molecule has 4 aromatic rings. The third-order valence-corrected chi connectivity index (χ3v) is 7.78. The van der Waals surface area contributed by atoms with E-state index in [9.17, 15) is 9.59 Å². The van der Waals surface area contributed by atoms with Gasteiger partial charge in [-0.1, -0.05) is 30.0 Å². The molecule has 0 saturated carbocycles. The number of methoxy groups -OCH3 is 1. The average molecular weight is 494 g/mol. The van der Waals surface area contributed by atoms with E-state index in [2.05, 4.69) is 5.32 Å². The summed E-state index contributed by atoms with van der Waals surface area (Å²) < 4.78 is 7.01. The minimum Gasteiger partial charge on any atom is -0.495 e. The van der Waals surface area contributed by atoms with Gasteiger partial charge in [0.2, 0.25) is 5.91 Å². The van der Waals surface area contributed by atoms with Gasteiger partial charge in [0, 0.05) is 4.88 Å². The highest BCUT2D eigenvalue weighted by atomic mass is 32.2. The zero-order valence-corrected chi connectivity index (χ0v) is 21.7. The summed E-state index contributed by atoms with van der Waals surface area (Å²) in [6.07, 6.45) is 0. The summed E-state index contributed by atoms with van der Waals surface area (Å²) in [5.41, 5.74) is 5.28. The van der Waals surface area contributed by atoms with Crippen molar-refractivity contribution in [2.75, 3.05) is 18.2 Å². The van der Waals surface area contributed by atoms with Crippen molar-refractivity contribution in [3.8, 4) is 11.4 Å². The quantitative estimate of drug-likeness (QED) is 0.274. The molecule has 176 valence electrons. The summed E-state index contributed by atoms with van der Waals surface area (Å²) in [5, 5.41) is 4.06. The van der Waals surface area contributed by atoms with E-state index in [-0.39, 0.29) is 17.2 Å². The second-order valence-electron chi connectivity index (χ2n) is 8.33. The van der Waals surface area contributed by atoms with Crippen molar-refractivity contribution in [2.45, 2.75) is 39.8 Å². The summed E-state index contributed by atoms with van der Waals surface area (Å²) in [6.45, 7) is 9.88. The fourth-order valence-corrected chi connectivity index (χ4v) is 5.66. The highest BCUT2D eigenvalue weighted by Gasteiger charge is 2.20. The van der Waals surface area contributed by atoms with E-state index in [0.717, 1.165) is 32.8 Å². The Morgan fingerprint density at radius 3 is 2.53 bits per heavy atom. The van der Waals surface area contributed by atoms with Crippen LogP contribution in [0.25, 0.3) is 15.9 Å². The van der Waals surface area contributed by atoms with Gasteiger partial charge >= 0.3 is 0 Å². The van der Waals surface area contributed by atoms with E-state index < -0.39 is 0 Å². The van der Waals surface area contributed by atoms with E-state index in [0.29, 0.717) is 26.8 Å². The van der Waals surface area contributed by atoms with Gasteiger partial charge in [0.05, 0.1) is 29.6 Å². The maximum atomic E-state index is 13.7. The summed E-state index contributed by atoms with van der Waals surface area (Å²) in [7, 11) is 1.57. The van der Waals surface area contributed by atoms with Crippen LogP contribution in [0.2, 0.25) is 0 Å². The molecule has 6 nitrogen and oxygen atoms in total. The number of amides is 1. The van der Waals surface area contributed by atoms with Gasteiger partial charge in [0.25, 0.3) is 5.56 Å². The molecule has 2 heterocycles. The molecule has 0 aliphatic rings. The molecule has 0 atom stereocenters. The molecule has 2 aromatic heterocycles. The zero-order valence-electron chi connectivity index (χ0n) is 20.1. The maximum Gasteiger partial charge on any atom is 0.267 e. The van der Waals surface area contributed by atoms with E-state index >= 15 is 0 Å². The van der Waals surface area contributed by atoms with Crippen LogP contribution in [-0.4, -0.2) is 28.3 Å². The normalized spacial score (nSPS) is 11.1. The number of hydrogen-bond donors (Lipinski definition) is 1. The number of benzene rings is 2.